The molecule has 27 heavy (non-hydrogen) atoms. The van der Waals surface area contributed by atoms with Crippen molar-refractivity contribution in [2.24, 2.45) is 0 Å². The molecular weight excluding hydrogens is 344 g/mol. The molecule has 1 aliphatic rings. The Kier molecular flexibility index (Phi) is 3.99. The number of rotatable bonds is 4. The maximum Gasteiger partial charge on any atom is 0.512 e. The third kappa shape index (κ3) is 2.59. The predicted molar refractivity (Wildman–Crippen MR) is 100 cm³/mol. The fourth-order valence-electron chi connectivity index (χ4n) is 3.29. The van der Waals surface area contributed by atoms with Gasteiger partial charge in [0, 0.05) is 0 Å². The molecule has 0 saturated carbocycles. The number of benzene rings is 2. The third-order valence-corrected chi connectivity index (χ3v) is 4.49. The molecule has 0 bridgehead atoms. The van der Waals surface area contributed by atoms with E-state index in [9.17, 15) is 9.59 Å². The molecule has 2 amide bonds. The Balaban J connectivity index is 1.89. The predicted octanol–water partition coefficient (Wildman–Crippen LogP) is 2.03. The minimum absolute atomic E-state index is 0.317. The zero-order valence-corrected chi connectivity index (χ0v) is 15.4. The normalized spacial score (nSPS) is 13.2. The summed E-state index contributed by atoms with van der Waals surface area (Å²) in [4.78, 5) is 32.7. The number of imide groups is 1. The van der Waals surface area contributed by atoms with Crippen LogP contribution in [0, 0.1) is 0 Å². The highest BCUT2D eigenvalue weighted by molar-refractivity contribution is 6.23. The summed E-state index contributed by atoms with van der Waals surface area (Å²) in [7, 11) is 3.66. The molecule has 1 N–H and O–H groups in total. The zero-order valence-electron chi connectivity index (χ0n) is 15.4. The van der Waals surface area contributed by atoms with Crippen LogP contribution in [0.1, 0.15) is 17.4 Å². The van der Waals surface area contributed by atoms with E-state index in [0.29, 0.717) is 35.1 Å². The second-order valence-corrected chi connectivity index (χ2v) is 6.42. The number of ether oxygens (including phenoxy) is 1. The lowest BCUT2D eigenvalue weighted by molar-refractivity contribution is -0.548. The number of aromatic amines is 1. The highest BCUT2D eigenvalue weighted by atomic mass is 16.5. The molecule has 0 saturated heterocycles. The van der Waals surface area contributed by atoms with Gasteiger partial charge in [0.2, 0.25) is 0 Å². The Morgan fingerprint density at radius 3 is 2.44 bits per heavy atom. The van der Waals surface area contributed by atoms with Crippen LogP contribution in [0.3, 0.4) is 0 Å². The van der Waals surface area contributed by atoms with Gasteiger partial charge in [-0.05, 0) is 43.3 Å². The molecule has 7 heteroatoms. The highest BCUT2D eigenvalue weighted by Gasteiger charge is 2.52. The van der Waals surface area contributed by atoms with Crippen molar-refractivity contribution in [3.8, 4) is 5.75 Å². The lowest BCUT2D eigenvalue weighted by Gasteiger charge is -2.06. The number of carbonyl (C=O) groups is 2. The number of hydrogen-bond acceptors (Lipinski definition) is 4. The van der Waals surface area contributed by atoms with Gasteiger partial charge in [0.1, 0.15) is 11.4 Å². The molecule has 0 atom stereocenters. The second-order valence-electron chi connectivity index (χ2n) is 6.42. The topological polar surface area (TPSA) is 67.9 Å². The molecule has 0 spiro atoms. The van der Waals surface area contributed by atoms with Crippen LogP contribution in [0.2, 0.25) is 0 Å². The average molecular weight is 364 g/mol. The van der Waals surface area contributed by atoms with Crippen molar-refractivity contribution >= 4 is 34.5 Å². The third-order valence-electron chi connectivity index (χ3n) is 4.49. The van der Waals surface area contributed by atoms with Crippen molar-refractivity contribution in [1.29, 1.82) is 0 Å². The standard InChI is InChI=1S/C20H19N4O3/c1-4-27-14-11-9-13(10-12-14)23-19(25)17-18(22(2)3)21-15-7-5-6-8-16(15)24(17)20(23)26/h5-12H,4H2,1-3H3/q+1/p+1. The van der Waals surface area contributed by atoms with Crippen LogP contribution in [0.25, 0.3) is 11.0 Å². The van der Waals surface area contributed by atoms with Crippen molar-refractivity contribution in [3.05, 3.63) is 54.2 Å². The highest BCUT2D eigenvalue weighted by Crippen LogP contribution is 2.27. The van der Waals surface area contributed by atoms with Gasteiger partial charge in [0.05, 0.1) is 20.7 Å². The molecule has 4 rings (SSSR count). The first-order valence-electron chi connectivity index (χ1n) is 8.72. The van der Waals surface area contributed by atoms with Gasteiger partial charge in [-0.1, -0.05) is 12.1 Å². The van der Waals surface area contributed by atoms with Gasteiger partial charge in [0.15, 0.2) is 11.0 Å². The molecular formula is C20H20N4O3+2. The number of aromatic nitrogens is 2. The molecule has 3 aromatic rings. The first kappa shape index (κ1) is 17.0. The first-order valence-corrected chi connectivity index (χ1v) is 8.72. The second kappa shape index (κ2) is 6.35. The van der Waals surface area contributed by atoms with E-state index in [0.717, 1.165) is 5.52 Å². The van der Waals surface area contributed by atoms with E-state index < -0.39 is 6.03 Å². The van der Waals surface area contributed by atoms with Gasteiger partial charge < -0.3 is 4.74 Å². The van der Waals surface area contributed by atoms with Gasteiger partial charge in [-0.3, -0.25) is 4.90 Å². The Morgan fingerprint density at radius 1 is 1.07 bits per heavy atom. The van der Waals surface area contributed by atoms with Gasteiger partial charge in [-0.15, -0.1) is 9.47 Å². The van der Waals surface area contributed by atoms with Crippen molar-refractivity contribution in [1.82, 2.24) is 0 Å². The Labute approximate surface area is 156 Å². The molecule has 0 radical (unpaired) electrons. The smallest absolute Gasteiger partial charge is 0.494 e. The van der Waals surface area contributed by atoms with Crippen LogP contribution >= 0.6 is 0 Å². The summed E-state index contributed by atoms with van der Waals surface area (Å²) in [6, 6.07) is 14.0. The number of nitrogens with zero attached hydrogens (tertiary/aromatic N) is 3. The van der Waals surface area contributed by atoms with E-state index in [4.69, 9.17) is 4.74 Å². The first-order chi connectivity index (χ1) is 13.0. The van der Waals surface area contributed by atoms with E-state index in [1.54, 1.807) is 29.2 Å². The Hall–Kier alpha value is -3.48. The summed E-state index contributed by atoms with van der Waals surface area (Å²) < 4.78 is 6.91. The number of para-hydroxylation sites is 2. The number of nitrogens with one attached hydrogen (secondary N) is 1. The van der Waals surface area contributed by atoms with E-state index in [2.05, 4.69) is 4.98 Å². The number of amides is 2. The van der Waals surface area contributed by atoms with E-state index in [-0.39, 0.29) is 5.91 Å². The number of hydrogen-bond donors (Lipinski definition) is 0. The molecule has 0 fully saturated rings. The lowest BCUT2D eigenvalue weighted by atomic mass is 10.2. The van der Waals surface area contributed by atoms with Crippen LogP contribution in [0.4, 0.5) is 16.3 Å². The van der Waals surface area contributed by atoms with Gasteiger partial charge in [-0.25, -0.2) is 9.78 Å². The fraction of sp³-hybridized carbons (Fsp3) is 0.200. The van der Waals surface area contributed by atoms with Crippen molar-refractivity contribution in [2.45, 2.75) is 6.92 Å². The summed E-state index contributed by atoms with van der Waals surface area (Å²) in [6.45, 7) is 2.45. The number of H-pyrrole nitrogens is 1. The summed E-state index contributed by atoms with van der Waals surface area (Å²) in [5.74, 6) is 0.911. The van der Waals surface area contributed by atoms with Crippen LogP contribution in [0.15, 0.2) is 48.5 Å². The van der Waals surface area contributed by atoms with E-state index >= 15 is 0 Å². The largest absolute Gasteiger partial charge is 0.512 e. The molecule has 1 aromatic heterocycles. The Bertz CT molecular complexity index is 1060. The Morgan fingerprint density at radius 2 is 1.78 bits per heavy atom. The molecule has 0 unspecified atom stereocenters. The lowest BCUT2D eigenvalue weighted by Crippen LogP contribution is -2.48. The summed E-state index contributed by atoms with van der Waals surface area (Å²) in [5, 5.41) is 0. The molecule has 2 heterocycles. The number of carbonyl (C=O) groups excluding carboxylic acids is 2. The van der Waals surface area contributed by atoms with E-state index in [1.807, 2.05) is 45.3 Å². The quantitative estimate of drug-likeness (QED) is 0.665. The SMILES string of the molecule is CCOc1ccc(N2C(=O)c3c(N(C)C)[nH+]c4ccccc4[n+]3C2=O)cc1. The van der Waals surface area contributed by atoms with E-state index in [1.165, 1.54) is 9.47 Å². The zero-order chi connectivity index (χ0) is 19.1. The van der Waals surface area contributed by atoms with Crippen LogP contribution in [-0.2, 0) is 0 Å². The van der Waals surface area contributed by atoms with Crippen LogP contribution in [0.5, 0.6) is 5.75 Å². The minimum atomic E-state index is -0.396. The van der Waals surface area contributed by atoms with Crippen molar-refractivity contribution < 1.29 is 23.9 Å². The fourth-order valence-corrected chi connectivity index (χ4v) is 3.29. The van der Waals surface area contributed by atoms with Gasteiger partial charge in [-0.2, -0.15) is 4.79 Å². The molecule has 0 aliphatic carbocycles. The van der Waals surface area contributed by atoms with Crippen molar-refractivity contribution in [2.75, 3.05) is 30.5 Å². The molecule has 2 aromatic carbocycles. The molecule has 136 valence electrons. The maximum atomic E-state index is 13.2. The monoisotopic (exact) mass is 364 g/mol. The maximum absolute atomic E-state index is 13.2. The van der Waals surface area contributed by atoms with Crippen LogP contribution in [-0.4, -0.2) is 32.6 Å². The average Bonchev–Trinajstić information content (AvgIpc) is 2.93. The number of anilines is 2. The van der Waals surface area contributed by atoms with Crippen molar-refractivity contribution in [3.63, 3.8) is 0 Å². The summed E-state index contributed by atoms with van der Waals surface area (Å²) in [5.41, 5.74) is 2.26. The van der Waals surface area contributed by atoms with Gasteiger partial charge in [0.25, 0.3) is 0 Å². The minimum Gasteiger partial charge on any atom is -0.494 e. The van der Waals surface area contributed by atoms with Gasteiger partial charge >= 0.3 is 23.5 Å². The summed E-state index contributed by atoms with van der Waals surface area (Å²) in [6.07, 6.45) is 0. The molecule has 7 nitrogen and oxygen atoms in total. The summed E-state index contributed by atoms with van der Waals surface area (Å²) >= 11 is 0. The van der Waals surface area contributed by atoms with Crippen LogP contribution < -0.4 is 24.1 Å². The number of fused-ring (bicyclic) bond motifs is 3. The molecule has 1 aliphatic heterocycles.